The summed E-state index contributed by atoms with van der Waals surface area (Å²) in [7, 11) is 4.04. The van der Waals surface area contributed by atoms with Crippen molar-refractivity contribution in [2.75, 3.05) is 14.1 Å². The van der Waals surface area contributed by atoms with Gasteiger partial charge in [-0.1, -0.05) is 26.0 Å². The van der Waals surface area contributed by atoms with Crippen molar-refractivity contribution in [1.82, 2.24) is 4.90 Å². The molecule has 18 heavy (non-hydrogen) atoms. The van der Waals surface area contributed by atoms with Gasteiger partial charge in [-0.15, -0.1) is 11.8 Å². The smallest absolute Gasteiger partial charge is 0.131 e. The Kier molecular flexibility index (Phi) is 5.89. The van der Waals surface area contributed by atoms with Crippen LogP contribution in [0.1, 0.15) is 38.8 Å². The minimum atomic E-state index is 0.181. The fraction of sp³-hybridized carbons (Fsp3) is 0.533. The fourth-order valence-electron chi connectivity index (χ4n) is 1.91. The average Bonchev–Trinajstić information content (AvgIpc) is 2.26. The number of rotatable bonds is 6. The lowest BCUT2D eigenvalue weighted by Gasteiger charge is -2.24. The van der Waals surface area contributed by atoms with E-state index in [2.05, 4.69) is 43.0 Å². The lowest BCUT2D eigenvalue weighted by molar-refractivity contribution is -0.118. The maximum absolute atomic E-state index is 11.3. The van der Waals surface area contributed by atoms with Gasteiger partial charge in [0.15, 0.2) is 0 Å². The van der Waals surface area contributed by atoms with E-state index < -0.39 is 0 Å². The molecule has 0 bridgehead atoms. The predicted octanol–water partition coefficient (Wildman–Crippen LogP) is 3.77. The molecule has 0 saturated carbocycles. The molecular formula is C15H23NOS. The van der Waals surface area contributed by atoms with Gasteiger partial charge in [0.2, 0.25) is 0 Å². The number of hydrogen-bond acceptors (Lipinski definition) is 3. The molecule has 0 aliphatic rings. The molecule has 0 aliphatic heterocycles. The number of ketones is 1. The van der Waals surface area contributed by atoms with Gasteiger partial charge in [-0.05, 0) is 38.7 Å². The van der Waals surface area contributed by atoms with Crippen LogP contribution in [0.4, 0.5) is 0 Å². The van der Waals surface area contributed by atoms with E-state index in [-0.39, 0.29) is 11.8 Å². The Balaban J connectivity index is 2.83. The molecule has 0 aromatic heterocycles. The van der Waals surface area contributed by atoms with Crippen molar-refractivity contribution in [1.29, 1.82) is 0 Å². The minimum absolute atomic E-state index is 0.181. The van der Waals surface area contributed by atoms with Crippen molar-refractivity contribution in [3.63, 3.8) is 0 Å². The first-order valence-electron chi connectivity index (χ1n) is 6.32. The molecule has 0 heterocycles. The summed E-state index contributed by atoms with van der Waals surface area (Å²) in [5, 5.41) is 0.595. The summed E-state index contributed by atoms with van der Waals surface area (Å²) in [6.45, 7) is 6.04. The Bertz CT molecular complexity index is 384. The third-order valence-corrected chi connectivity index (χ3v) is 3.76. The molecule has 1 aromatic carbocycles. The van der Waals surface area contributed by atoms with Gasteiger partial charge in [0.25, 0.3) is 0 Å². The number of thioether (sulfide) groups is 1. The van der Waals surface area contributed by atoms with Gasteiger partial charge >= 0.3 is 0 Å². The summed E-state index contributed by atoms with van der Waals surface area (Å²) < 4.78 is 0. The summed E-state index contributed by atoms with van der Waals surface area (Å²) >= 11 is 1.86. The summed E-state index contributed by atoms with van der Waals surface area (Å²) in [5.74, 6) is 0.231. The third-order valence-electron chi connectivity index (χ3n) is 2.74. The Morgan fingerprint density at radius 2 is 1.78 bits per heavy atom. The van der Waals surface area contributed by atoms with Crippen molar-refractivity contribution in [3.05, 3.63) is 29.8 Å². The molecule has 2 nitrogen and oxygen atoms in total. The highest BCUT2D eigenvalue weighted by Crippen LogP contribution is 2.27. The first kappa shape index (κ1) is 15.3. The van der Waals surface area contributed by atoms with Gasteiger partial charge in [-0.2, -0.15) is 0 Å². The second-order valence-electron chi connectivity index (χ2n) is 5.12. The quantitative estimate of drug-likeness (QED) is 0.730. The predicted molar refractivity (Wildman–Crippen MR) is 79.2 cm³/mol. The monoisotopic (exact) mass is 265 g/mol. The molecule has 0 aliphatic carbocycles. The zero-order valence-corrected chi connectivity index (χ0v) is 12.8. The van der Waals surface area contributed by atoms with Crippen molar-refractivity contribution in [3.8, 4) is 0 Å². The van der Waals surface area contributed by atoms with Gasteiger partial charge in [-0.3, -0.25) is 4.79 Å². The molecular weight excluding hydrogens is 242 g/mol. The molecule has 0 fully saturated rings. The fourth-order valence-corrected chi connectivity index (χ4v) is 2.75. The van der Waals surface area contributed by atoms with Crippen LogP contribution in [0.15, 0.2) is 29.2 Å². The van der Waals surface area contributed by atoms with Crippen LogP contribution in [0.5, 0.6) is 0 Å². The highest BCUT2D eigenvalue weighted by molar-refractivity contribution is 7.99. The van der Waals surface area contributed by atoms with Crippen molar-refractivity contribution < 1.29 is 4.79 Å². The molecule has 3 heteroatoms. The second-order valence-corrected chi connectivity index (χ2v) is 6.77. The molecule has 1 aromatic rings. The van der Waals surface area contributed by atoms with E-state index in [1.54, 1.807) is 6.92 Å². The van der Waals surface area contributed by atoms with E-state index in [9.17, 15) is 4.79 Å². The van der Waals surface area contributed by atoms with Gasteiger partial charge < -0.3 is 4.90 Å². The largest absolute Gasteiger partial charge is 0.302 e. The molecule has 0 amide bonds. The van der Waals surface area contributed by atoms with Crippen LogP contribution in [0.25, 0.3) is 0 Å². The number of Topliss-reactive ketones (excluding diaryl/α,β-unsaturated/α-hetero) is 1. The normalized spacial score (nSPS) is 13.1. The second kappa shape index (κ2) is 6.95. The summed E-state index contributed by atoms with van der Waals surface area (Å²) in [6.07, 6.45) is 0.573. The van der Waals surface area contributed by atoms with Gasteiger partial charge in [0.05, 0.1) is 0 Å². The van der Waals surface area contributed by atoms with Crippen molar-refractivity contribution in [2.45, 2.75) is 43.4 Å². The van der Waals surface area contributed by atoms with Crippen LogP contribution in [0.3, 0.4) is 0 Å². The standard InChI is InChI=1S/C15H23NOS/c1-11(2)18-14-8-6-13(7-9-14)15(16(4)5)10-12(3)17/h6-9,11,15H,10H2,1-5H3. The van der Waals surface area contributed by atoms with E-state index in [0.717, 1.165) is 0 Å². The SMILES string of the molecule is CC(=O)CC(c1ccc(SC(C)C)cc1)N(C)C. The molecule has 1 unspecified atom stereocenters. The summed E-state index contributed by atoms with van der Waals surface area (Å²) in [6, 6.07) is 8.75. The molecule has 1 atom stereocenters. The first-order chi connectivity index (χ1) is 8.40. The summed E-state index contributed by atoms with van der Waals surface area (Å²) in [5.41, 5.74) is 1.21. The number of carbonyl (C=O) groups is 1. The zero-order chi connectivity index (χ0) is 13.7. The Labute approximate surface area is 115 Å². The lowest BCUT2D eigenvalue weighted by Crippen LogP contribution is -2.22. The van der Waals surface area contributed by atoms with Crippen molar-refractivity contribution >= 4 is 17.5 Å². The van der Waals surface area contributed by atoms with E-state index >= 15 is 0 Å². The van der Waals surface area contributed by atoms with Gasteiger partial charge in [0, 0.05) is 22.6 Å². The number of benzene rings is 1. The van der Waals surface area contributed by atoms with Crippen LogP contribution in [0, 0.1) is 0 Å². The van der Waals surface area contributed by atoms with E-state index in [4.69, 9.17) is 0 Å². The topological polar surface area (TPSA) is 20.3 Å². The van der Waals surface area contributed by atoms with E-state index in [1.807, 2.05) is 25.9 Å². The molecule has 0 radical (unpaired) electrons. The maximum Gasteiger partial charge on any atom is 0.131 e. The van der Waals surface area contributed by atoms with Crippen LogP contribution in [-0.2, 0) is 4.79 Å². The van der Waals surface area contributed by atoms with E-state index in [1.165, 1.54) is 10.5 Å². The highest BCUT2D eigenvalue weighted by Gasteiger charge is 2.16. The van der Waals surface area contributed by atoms with Crippen LogP contribution >= 0.6 is 11.8 Å². The Morgan fingerprint density at radius 1 is 1.22 bits per heavy atom. The molecule has 0 saturated heterocycles. The first-order valence-corrected chi connectivity index (χ1v) is 7.20. The highest BCUT2D eigenvalue weighted by atomic mass is 32.2. The maximum atomic E-state index is 11.3. The van der Waals surface area contributed by atoms with Gasteiger partial charge in [-0.25, -0.2) is 0 Å². The van der Waals surface area contributed by atoms with Crippen molar-refractivity contribution in [2.24, 2.45) is 0 Å². The Hall–Kier alpha value is -0.800. The Morgan fingerprint density at radius 3 is 2.17 bits per heavy atom. The molecule has 0 N–H and O–H groups in total. The molecule has 1 rings (SSSR count). The summed E-state index contributed by atoms with van der Waals surface area (Å²) in [4.78, 5) is 14.7. The van der Waals surface area contributed by atoms with Gasteiger partial charge in [0.1, 0.15) is 5.78 Å². The average molecular weight is 265 g/mol. The number of hydrogen-bond donors (Lipinski definition) is 0. The third kappa shape index (κ3) is 4.83. The molecule has 0 spiro atoms. The van der Waals surface area contributed by atoms with E-state index in [0.29, 0.717) is 11.7 Å². The minimum Gasteiger partial charge on any atom is -0.302 e. The van der Waals surface area contributed by atoms with Crippen LogP contribution < -0.4 is 0 Å². The van der Waals surface area contributed by atoms with Crippen LogP contribution in [0.2, 0.25) is 0 Å². The zero-order valence-electron chi connectivity index (χ0n) is 11.9. The number of nitrogens with zero attached hydrogens (tertiary/aromatic N) is 1. The number of carbonyl (C=O) groups excluding carboxylic acids is 1. The molecule has 100 valence electrons. The lowest BCUT2D eigenvalue weighted by atomic mass is 10.0. The van der Waals surface area contributed by atoms with Crippen LogP contribution in [-0.4, -0.2) is 30.0 Å².